The average molecular weight is 391 g/mol. The maximum atomic E-state index is 12.4. The van der Waals surface area contributed by atoms with Crippen LogP contribution < -0.4 is 10.7 Å². The molecule has 1 saturated carbocycles. The highest BCUT2D eigenvalue weighted by Gasteiger charge is 2.36. The molecule has 2 N–H and O–H groups in total. The van der Waals surface area contributed by atoms with Crippen LogP contribution in [0.2, 0.25) is 0 Å². The van der Waals surface area contributed by atoms with Crippen molar-refractivity contribution in [2.45, 2.75) is 51.5 Å². The van der Waals surface area contributed by atoms with E-state index in [-0.39, 0.29) is 24.2 Å². The zero-order chi connectivity index (χ0) is 17.7. The summed E-state index contributed by atoms with van der Waals surface area (Å²) in [7, 11) is 1.88. The number of hydrogen-bond donors (Lipinski definition) is 2. The molecule has 0 unspecified atom stereocenters. The Kier molecular flexibility index (Phi) is 8.21. The molecule has 0 aromatic rings. The number of carbonyl (C=O) groups excluding carboxylic acids is 3. The molecule has 25 heavy (non-hydrogen) atoms. The van der Waals surface area contributed by atoms with Crippen molar-refractivity contribution < 1.29 is 14.4 Å². The fraction of sp³-hybridized carbons (Fsp3) is 0.750. The number of ketones is 1. The molecule has 142 valence electrons. The number of nitrogens with zero attached hydrogens (tertiary/aromatic N) is 2. The fourth-order valence-electron chi connectivity index (χ4n) is 2.86. The van der Waals surface area contributed by atoms with Crippen LogP contribution in [0.3, 0.4) is 0 Å². The highest BCUT2D eigenvalue weighted by Crippen LogP contribution is 2.24. The van der Waals surface area contributed by atoms with Crippen LogP contribution in [0.15, 0.2) is 5.10 Å². The Morgan fingerprint density at radius 2 is 1.84 bits per heavy atom. The predicted molar refractivity (Wildman–Crippen MR) is 102 cm³/mol. The fourth-order valence-corrected chi connectivity index (χ4v) is 3.83. The lowest BCUT2D eigenvalue weighted by Crippen LogP contribution is -2.55. The normalized spacial score (nSPS) is 20.1. The van der Waals surface area contributed by atoms with Crippen LogP contribution in [0, 0.1) is 5.92 Å². The van der Waals surface area contributed by atoms with Crippen LogP contribution in [0.25, 0.3) is 0 Å². The van der Waals surface area contributed by atoms with Gasteiger partial charge in [0.2, 0.25) is 11.7 Å². The summed E-state index contributed by atoms with van der Waals surface area (Å²) in [6.07, 6.45) is 4.92. The maximum absolute atomic E-state index is 12.4. The Balaban J connectivity index is 0.00000312. The zero-order valence-corrected chi connectivity index (χ0v) is 16.6. The molecule has 2 aliphatic rings. The van der Waals surface area contributed by atoms with Gasteiger partial charge in [0.25, 0.3) is 0 Å². The molecule has 0 bridgehead atoms. The largest absolute Gasteiger partial charge is 0.352 e. The first-order chi connectivity index (χ1) is 11.3. The number of Topliss-reactive ketones (excluding diaryl/α,β-unsaturated/α-hetero) is 1. The second kappa shape index (κ2) is 9.43. The molecule has 2 rings (SSSR count). The van der Waals surface area contributed by atoms with Gasteiger partial charge in [-0.15, -0.1) is 17.5 Å². The Bertz CT molecular complexity index is 547. The van der Waals surface area contributed by atoms with Crippen molar-refractivity contribution >= 4 is 46.9 Å². The van der Waals surface area contributed by atoms with E-state index >= 15 is 0 Å². The van der Waals surface area contributed by atoms with E-state index in [1.54, 1.807) is 13.8 Å². The summed E-state index contributed by atoms with van der Waals surface area (Å²) in [6.45, 7) is 3.97. The second-order valence-electron chi connectivity index (χ2n) is 6.88. The van der Waals surface area contributed by atoms with Crippen LogP contribution in [0.4, 0.5) is 0 Å². The summed E-state index contributed by atoms with van der Waals surface area (Å²) < 4.78 is 0. The molecule has 0 radical (unpaired) electrons. The van der Waals surface area contributed by atoms with Gasteiger partial charge < -0.3 is 10.2 Å². The van der Waals surface area contributed by atoms with Crippen LogP contribution in [0.1, 0.15) is 46.0 Å². The molecule has 0 aromatic carbocycles. The summed E-state index contributed by atoms with van der Waals surface area (Å²) in [5, 5.41) is 7.39. The number of rotatable bonds is 5. The molecule has 1 aliphatic heterocycles. The summed E-state index contributed by atoms with van der Waals surface area (Å²) in [5.41, 5.74) is 1.06. The summed E-state index contributed by atoms with van der Waals surface area (Å²) in [5.74, 6) is -0.794. The monoisotopic (exact) mass is 390 g/mol. The standard InChI is InChI=1S/C16H26N4O3S.ClH/c1-16(2,17-13(22)11-7-5-4-6-8-11)12(21)14(23)18-19-15-20(3)9-10-24-15;/h11H,4-10H2,1-3H3,(H,17,22)(H,18,23);1H. The maximum Gasteiger partial charge on any atom is 0.310 e. The van der Waals surface area contributed by atoms with Crippen LogP contribution in [-0.4, -0.2) is 52.5 Å². The lowest BCUT2D eigenvalue weighted by Gasteiger charge is -2.28. The molecule has 0 atom stereocenters. The molecule has 7 nitrogen and oxygen atoms in total. The molecule has 2 fully saturated rings. The van der Waals surface area contributed by atoms with Gasteiger partial charge in [0, 0.05) is 25.3 Å². The lowest BCUT2D eigenvalue weighted by molar-refractivity contribution is -0.143. The smallest absolute Gasteiger partial charge is 0.310 e. The summed E-state index contributed by atoms with van der Waals surface area (Å²) >= 11 is 1.52. The number of halogens is 1. The molecule has 0 aromatic heterocycles. The summed E-state index contributed by atoms with van der Waals surface area (Å²) in [6, 6.07) is 0. The van der Waals surface area contributed by atoms with E-state index < -0.39 is 17.2 Å². The Morgan fingerprint density at radius 1 is 1.20 bits per heavy atom. The first-order valence-corrected chi connectivity index (χ1v) is 9.38. The van der Waals surface area contributed by atoms with Crippen LogP contribution in [0.5, 0.6) is 0 Å². The third-order valence-electron chi connectivity index (χ3n) is 4.42. The molecule has 2 amide bonds. The van der Waals surface area contributed by atoms with Gasteiger partial charge in [0.05, 0.1) is 0 Å². The zero-order valence-electron chi connectivity index (χ0n) is 15.0. The van der Waals surface area contributed by atoms with Crippen molar-refractivity contribution in [2.24, 2.45) is 11.0 Å². The minimum absolute atomic E-state index is 0. The van der Waals surface area contributed by atoms with E-state index in [4.69, 9.17) is 0 Å². The van der Waals surface area contributed by atoms with E-state index in [1.807, 2.05) is 11.9 Å². The van der Waals surface area contributed by atoms with Crippen LogP contribution in [-0.2, 0) is 14.4 Å². The number of carbonyl (C=O) groups is 3. The third-order valence-corrected chi connectivity index (χ3v) is 5.47. The Morgan fingerprint density at radius 3 is 2.40 bits per heavy atom. The van der Waals surface area contributed by atoms with Crippen molar-refractivity contribution in [1.29, 1.82) is 0 Å². The van der Waals surface area contributed by atoms with E-state index in [1.165, 1.54) is 11.8 Å². The number of hydrogen-bond acceptors (Lipinski definition) is 5. The Hall–Kier alpha value is -1.28. The van der Waals surface area contributed by atoms with E-state index in [9.17, 15) is 14.4 Å². The van der Waals surface area contributed by atoms with Gasteiger partial charge in [-0.05, 0) is 26.7 Å². The predicted octanol–water partition coefficient (Wildman–Crippen LogP) is 1.52. The number of amidine groups is 1. The van der Waals surface area contributed by atoms with Crippen molar-refractivity contribution in [2.75, 3.05) is 19.3 Å². The molecule has 1 heterocycles. The molecule has 1 saturated heterocycles. The highest BCUT2D eigenvalue weighted by molar-refractivity contribution is 8.14. The van der Waals surface area contributed by atoms with Crippen molar-refractivity contribution in [3.8, 4) is 0 Å². The summed E-state index contributed by atoms with van der Waals surface area (Å²) in [4.78, 5) is 38.6. The Labute approximate surface area is 159 Å². The lowest BCUT2D eigenvalue weighted by atomic mass is 9.87. The van der Waals surface area contributed by atoms with Gasteiger partial charge in [-0.3, -0.25) is 14.4 Å². The molecular weight excluding hydrogens is 364 g/mol. The third kappa shape index (κ3) is 5.88. The van der Waals surface area contributed by atoms with E-state index in [2.05, 4.69) is 15.8 Å². The minimum atomic E-state index is -1.24. The van der Waals surface area contributed by atoms with E-state index in [0.29, 0.717) is 5.17 Å². The van der Waals surface area contributed by atoms with E-state index in [0.717, 1.165) is 44.4 Å². The average Bonchev–Trinajstić information content (AvgIpc) is 2.97. The van der Waals surface area contributed by atoms with Gasteiger partial charge in [0.15, 0.2) is 5.17 Å². The molecule has 9 heteroatoms. The first kappa shape index (κ1) is 21.8. The topological polar surface area (TPSA) is 90.9 Å². The second-order valence-corrected chi connectivity index (χ2v) is 7.95. The van der Waals surface area contributed by atoms with Gasteiger partial charge in [-0.25, -0.2) is 5.43 Å². The number of thioether (sulfide) groups is 1. The van der Waals surface area contributed by atoms with Crippen molar-refractivity contribution in [3.05, 3.63) is 0 Å². The molecular formula is C16H27ClN4O3S. The first-order valence-electron chi connectivity index (χ1n) is 8.39. The number of amides is 2. The van der Waals surface area contributed by atoms with Crippen molar-refractivity contribution in [1.82, 2.24) is 15.6 Å². The SMILES string of the molecule is CN1CCSC1=NNC(=O)C(=O)C(C)(C)NC(=O)C1CCCCC1.Cl. The van der Waals surface area contributed by atoms with Gasteiger partial charge in [0.1, 0.15) is 5.54 Å². The minimum Gasteiger partial charge on any atom is -0.352 e. The van der Waals surface area contributed by atoms with Gasteiger partial charge >= 0.3 is 5.91 Å². The number of hydrazone groups is 1. The van der Waals surface area contributed by atoms with Gasteiger partial charge in [-0.2, -0.15) is 0 Å². The number of nitrogens with one attached hydrogen (secondary N) is 2. The highest BCUT2D eigenvalue weighted by atomic mass is 35.5. The molecule has 0 spiro atoms. The van der Waals surface area contributed by atoms with Gasteiger partial charge in [-0.1, -0.05) is 31.0 Å². The quantitative estimate of drug-likeness (QED) is 0.548. The van der Waals surface area contributed by atoms with Crippen molar-refractivity contribution in [3.63, 3.8) is 0 Å². The van der Waals surface area contributed by atoms with Crippen LogP contribution >= 0.6 is 24.2 Å². The molecule has 1 aliphatic carbocycles.